The lowest BCUT2D eigenvalue weighted by molar-refractivity contribution is -0.146. The van der Waals surface area contributed by atoms with E-state index in [0.29, 0.717) is 5.69 Å². The van der Waals surface area contributed by atoms with Gasteiger partial charge in [0, 0.05) is 6.54 Å². The van der Waals surface area contributed by atoms with Crippen LogP contribution in [-0.2, 0) is 16.1 Å². The van der Waals surface area contributed by atoms with Crippen LogP contribution < -0.4 is 11.2 Å². The highest BCUT2D eigenvalue weighted by molar-refractivity contribution is 5.79. The van der Waals surface area contributed by atoms with E-state index in [9.17, 15) is 14.4 Å². The van der Waals surface area contributed by atoms with Crippen molar-refractivity contribution in [3.63, 3.8) is 0 Å². The maximum absolute atomic E-state index is 13.2. The van der Waals surface area contributed by atoms with E-state index < -0.39 is 23.3 Å². The lowest BCUT2D eigenvalue weighted by Crippen LogP contribution is -2.41. The van der Waals surface area contributed by atoms with Gasteiger partial charge in [0.2, 0.25) is 0 Å². The average molecular weight is 398 g/mol. The maximum atomic E-state index is 13.2. The first-order valence-electron chi connectivity index (χ1n) is 9.72. The summed E-state index contributed by atoms with van der Waals surface area (Å²) in [6.07, 6.45) is 1.41. The summed E-state index contributed by atoms with van der Waals surface area (Å²) in [5.74, 6) is -0.377. The van der Waals surface area contributed by atoms with Crippen molar-refractivity contribution in [3.8, 4) is 5.69 Å². The molecule has 2 aromatic heterocycles. The van der Waals surface area contributed by atoms with Gasteiger partial charge in [-0.2, -0.15) is 0 Å². The summed E-state index contributed by atoms with van der Waals surface area (Å²) in [6, 6.07) is 6.67. The Morgan fingerprint density at radius 1 is 1.14 bits per heavy atom. The Labute approximate surface area is 168 Å². The van der Waals surface area contributed by atoms with Crippen LogP contribution in [0.5, 0.6) is 0 Å². The van der Waals surface area contributed by atoms with E-state index in [1.54, 1.807) is 13.8 Å². The highest BCUT2D eigenvalue weighted by Crippen LogP contribution is 2.18. The standard InChI is InChI=1S/C21H26N4O4/c1-6-29-20(27)15(5)24-12-22-18-17(24)19(26)23(11-13(2)3)21(28)25(18)16-9-7-14(4)8-10-16/h7-10,12-13,15H,6,11H2,1-5H3/t15-/m1/s1. The third-order valence-electron chi connectivity index (χ3n) is 4.74. The van der Waals surface area contributed by atoms with Gasteiger partial charge in [-0.05, 0) is 38.8 Å². The second-order valence-electron chi connectivity index (χ2n) is 7.52. The van der Waals surface area contributed by atoms with Gasteiger partial charge in [-0.1, -0.05) is 31.5 Å². The Morgan fingerprint density at radius 2 is 1.79 bits per heavy atom. The number of rotatable bonds is 6. The van der Waals surface area contributed by atoms with Crippen LogP contribution in [0.25, 0.3) is 16.9 Å². The number of nitrogens with zero attached hydrogens (tertiary/aromatic N) is 4. The van der Waals surface area contributed by atoms with Gasteiger partial charge in [-0.3, -0.25) is 9.36 Å². The molecule has 8 heteroatoms. The number of hydrogen-bond acceptors (Lipinski definition) is 5. The number of imidazole rings is 1. The van der Waals surface area contributed by atoms with Crippen LogP contribution in [0.3, 0.4) is 0 Å². The highest BCUT2D eigenvalue weighted by atomic mass is 16.5. The maximum Gasteiger partial charge on any atom is 0.337 e. The van der Waals surface area contributed by atoms with E-state index in [1.807, 2.05) is 45.0 Å². The number of ether oxygens (including phenoxy) is 1. The normalized spacial score (nSPS) is 12.5. The second-order valence-corrected chi connectivity index (χ2v) is 7.52. The minimum Gasteiger partial charge on any atom is -0.464 e. The van der Waals surface area contributed by atoms with Gasteiger partial charge in [-0.15, -0.1) is 0 Å². The molecule has 1 aromatic carbocycles. The number of benzene rings is 1. The summed E-state index contributed by atoms with van der Waals surface area (Å²) in [5.41, 5.74) is 1.17. The van der Waals surface area contributed by atoms with E-state index in [-0.39, 0.29) is 30.2 Å². The molecule has 1 atom stereocenters. The first-order valence-corrected chi connectivity index (χ1v) is 9.72. The zero-order valence-electron chi connectivity index (χ0n) is 17.4. The van der Waals surface area contributed by atoms with Crippen molar-refractivity contribution in [2.75, 3.05) is 6.61 Å². The van der Waals surface area contributed by atoms with Gasteiger partial charge in [-0.25, -0.2) is 19.1 Å². The van der Waals surface area contributed by atoms with Crippen LogP contribution in [-0.4, -0.2) is 31.3 Å². The summed E-state index contributed by atoms with van der Waals surface area (Å²) in [4.78, 5) is 43.0. The van der Waals surface area contributed by atoms with Gasteiger partial charge in [0.1, 0.15) is 6.04 Å². The number of esters is 1. The molecule has 2 heterocycles. The SMILES string of the molecule is CCOC(=O)[C@@H](C)n1cnc2c1c(=O)n(CC(C)C)c(=O)n2-c1ccc(C)cc1. The number of fused-ring (bicyclic) bond motifs is 1. The minimum absolute atomic E-state index is 0.0863. The molecule has 0 aliphatic rings. The van der Waals surface area contributed by atoms with Crippen LogP contribution in [0.4, 0.5) is 0 Å². The molecule has 3 rings (SSSR count). The topological polar surface area (TPSA) is 88.1 Å². The van der Waals surface area contributed by atoms with Crippen molar-refractivity contribution in [2.45, 2.75) is 47.2 Å². The number of carbonyl (C=O) groups excluding carboxylic acids is 1. The molecule has 0 spiro atoms. The summed E-state index contributed by atoms with van der Waals surface area (Å²) in [7, 11) is 0. The predicted octanol–water partition coefficient (Wildman–Crippen LogP) is 2.44. The molecule has 29 heavy (non-hydrogen) atoms. The van der Waals surface area contributed by atoms with Crippen molar-refractivity contribution >= 4 is 17.1 Å². The smallest absolute Gasteiger partial charge is 0.337 e. The van der Waals surface area contributed by atoms with E-state index in [2.05, 4.69) is 4.98 Å². The molecule has 0 amide bonds. The minimum atomic E-state index is -0.746. The molecular weight excluding hydrogens is 372 g/mol. The molecule has 0 bridgehead atoms. The predicted molar refractivity (Wildman–Crippen MR) is 111 cm³/mol. The summed E-state index contributed by atoms with van der Waals surface area (Å²) in [6.45, 7) is 9.70. The van der Waals surface area contributed by atoms with Crippen LogP contribution in [0.1, 0.15) is 39.3 Å². The Bertz CT molecular complexity index is 1150. The molecule has 0 saturated carbocycles. The monoisotopic (exact) mass is 398 g/mol. The molecule has 0 saturated heterocycles. The van der Waals surface area contributed by atoms with E-state index in [4.69, 9.17) is 4.74 Å². The molecule has 3 aromatic rings. The van der Waals surface area contributed by atoms with Crippen molar-refractivity contribution in [1.82, 2.24) is 18.7 Å². The number of aromatic nitrogens is 4. The van der Waals surface area contributed by atoms with E-state index >= 15 is 0 Å². The first kappa shape index (κ1) is 20.6. The Balaban J connectivity index is 2.36. The van der Waals surface area contributed by atoms with Crippen LogP contribution in [0, 0.1) is 12.8 Å². The fourth-order valence-corrected chi connectivity index (χ4v) is 3.27. The fourth-order valence-electron chi connectivity index (χ4n) is 3.27. The second kappa shape index (κ2) is 8.06. The number of carbonyl (C=O) groups is 1. The quantitative estimate of drug-likeness (QED) is 0.595. The molecule has 0 aliphatic heterocycles. The average Bonchev–Trinajstić information content (AvgIpc) is 3.11. The number of aryl methyl sites for hydroxylation is 1. The Kier molecular flexibility index (Phi) is 5.72. The zero-order valence-corrected chi connectivity index (χ0v) is 17.4. The third kappa shape index (κ3) is 3.74. The van der Waals surface area contributed by atoms with Gasteiger partial charge in [0.15, 0.2) is 11.2 Å². The van der Waals surface area contributed by atoms with Crippen LogP contribution in [0.2, 0.25) is 0 Å². The Hall–Kier alpha value is -3.16. The van der Waals surface area contributed by atoms with Crippen molar-refractivity contribution in [1.29, 1.82) is 0 Å². The largest absolute Gasteiger partial charge is 0.464 e. The number of hydrogen-bond donors (Lipinski definition) is 0. The van der Waals surface area contributed by atoms with Crippen molar-refractivity contribution in [2.24, 2.45) is 5.92 Å². The molecule has 154 valence electrons. The van der Waals surface area contributed by atoms with Crippen molar-refractivity contribution < 1.29 is 9.53 Å². The molecule has 0 fully saturated rings. The highest BCUT2D eigenvalue weighted by Gasteiger charge is 2.24. The summed E-state index contributed by atoms with van der Waals surface area (Å²) < 4.78 is 9.22. The molecule has 0 aliphatic carbocycles. The first-order chi connectivity index (χ1) is 13.8. The molecule has 0 radical (unpaired) electrons. The van der Waals surface area contributed by atoms with Gasteiger partial charge >= 0.3 is 11.7 Å². The fraction of sp³-hybridized carbons (Fsp3) is 0.429. The van der Waals surface area contributed by atoms with Gasteiger partial charge < -0.3 is 9.30 Å². The van der Waals surface area contributed by atoms with Crippen molar-refractivity contribution in [3.05, 3.63) is 57.0 Å². The molecular formula is C21H26N4O4. The third-order valence-corrected chi connectivity index (χ3v) is 4.74. The van der Waals surface area contributed by atoms with Gasteiger partial charge in [0.05, 0.1) is 18.6 Å². The lowest BCUT2D eigenvalue weighted by Gasteiger charge is -2.16. The van der Waals surface area contributed by atoms with Gasteiger partial charge in [0.25, 0.3) is 5.56 Å². The van der Waals surface area contributed by atoms with Crippen LogP contribution in [0.15, 0.2) is 40.2 Å². The molecule has 0 N–H and O–H groups in total. The van der Waals surface area contributed by atoms with Crippen LogP contribution >= 0.6 is 0 Å². The van der Waals surface area contributed by atoms with E-state index in [1.165, 1.54) is 20.0 Å². The zero-order chi connectivity index (χ0) is 21.3. The van der Waals surface area contributed by atoms with E-state index in [0.717, 1.165) is 5.56 Å². The summed E-state index contributed by atoms with van der Waals surface area (Å²) >= 11 is 0. The molecule has 0 unspecified atom stereocenters. The lowest BCUT2D eigenvalue weighted by atomic mass is 10.2. The molecule has 8 nitrogen and oxygen atoms in total. The summed E-state index contributed by atoms with van der Waals surface area (Å²) in [5, 5.41) is 0. The Morgan fingerprint density at radius 3 is 2.38 bits per heavy atom.